The summed E-state index contributed by atoms with van der Waals surface area (Å²) in [5.74, 6) is -0.0988. The van der Waals surface area contributed by atoms with Gasteiger partial charge in [-0.3, -0.25) is 4.79 Å². The number of hydrogen-bond donors (Lipinski definition) is 2. The highest BCUT2D eigenvalue weighted by Gasteiger charge is 2.18. The van der Waals surface area contributed by atoms with Crippen molar-refractivity contribution < 1.29 is 4.79 Å². The molecule has 0 radical (unpaired) electrons. The minimum absolute atomic E-state index is 0.0988. The molecule has 1 amide bonds. The summed E-state index contributed by atoms with van der Waals surface area (Å²) in [6, 6.07) is 15.7. The summed E-state index contributed by atoms with van der Waals surface area (Å²) in [6.45, 7) is 4.65. The number of rotatable bonds is 8. The Balaban J connectivity index is 2.06. The molecule has 0 fully saturated rings. The fourth-order valence-corrected chi connectivity index (χ4v) is 3.54. The second-order valence-corrected chi connectivity index (χ2v) is 8.24. The lowest BCUT2D eigenvalue weighted by molar-refractivity contribution is -0.118. The van der Waals surface area contributed by atoms with Gasteiger partial charge in [-0.15, -0.1) is 0 Å². The Morgan fingerprint density at radius 2 is 1.88 bits per heavy atom. The predicted molar refractivity (Wildman–Crippen MR) is 112 cm³/mol. The van der Waals surface area contributed by atoms with Crippen molar-refractivity contribution in [2.45, 2.75) is 42.0 Å². The molecule has 0 spiro atoms. The number of halogens is 1. The average molecular weight is 389 g/mol. The van der Waals surface area contributed by atoms with Gasteiger partial charge in [0.25, 0.3) is 0 Å². The highest BCUT2D eigenvalue weighted by Crippen LogP contribution is 2.31. The van der Waals surface area contributed by atoms with Gasteiger partial charge in [0.15, 0.2) is 0 Å². The van der Waals surface area contributed by atoms with Crippen LogP contribution in [0.5, 0.6) is 0 Å². The molecule has 3 nitrogen and oxygen atoms in total. The number of carbonyl (C=O) groups is 1. The Bertz CT molecular complexity index is 757. The highest BCUT2D eigenvalue weighted by molar-refractivity contribution is 7.99. The molecule has 0 aliphatic heterocycles. The second-order valence-electron chi connectivity index (χ2n) is 6.69. The molecule has 3 N–H and O–H groups in total. The standard InChI is InChI=1S/C21H25ClN2OS/c1-21(2,14-5-15-23)24-20(25)13-8-16-6-3-4-7-19(16)26-18-11-9-17(22)10-12-18/h3-4,6-13H,5,14-15,23H2,1-2H3,(H,24,25). The van der Waals surface area contributed by atoms with E-state index in [4.69, 9.17) is 17.3 Å². The first-order valence-corrected chi connectivity index (χ1v) is 9.82. The van der Waals surface area contributed by atoms with Crippen molar-refractivity contribution in [1.29, 1.82) is 0 Å². The minimum Gasteiger partial charge on any atom is -0.348 e. The van der Waals surface area contributed by atoms with Gasteiger partial charge >= 0.3 is 0 Å². The summed E-state index contributed by atoms with van der Waals surface area (Å²) in [6.07, 6.45) is 5.18. The van der Waals surface area contributed by atoms with Crippen LogP contribution in [0.4, 0.5) is 0 Å². The second kappa shape index (κ2) is 9.81. The first kappa shape index (κ1) is 20.6. The molecule has 0 aromatic heterocycles. The van der Waals surface area contributed by atoms with E-state index in [1.165, 1.54) is 0 Å². The number of benzene rings is 2. The van der Waals surface area contributed by atoms with Gasteiger partial charge in [0.2, 0.25) is 5.91 Å². The number of nitrogens with one attached hydrogen (secondary N) is 1. The van der Waals surface area contributed by atoms with Gasteiger partial charge in [-0.25, -0.2) is 0 Å². The molecular formula is C21H25ClN2OS. The lowest BCUT2D eigenvalue weighted by Gasteiger charge is -2.25. The fourth-order valence-electron chi connectivity index (χ4n) is 2.49. The van der Waals surface area contributed by atoms with Crippen LogP contribution < -0.4 is 11.1 Å². The molecule has 0 bridgehead atoms. The van der Waals surface area contributed by atoms with Crippen LogP contribution in [0.15, 0.2) is 64.4 Å². The van der Waals surface area contributed by atoms with Crippen molar-refractivity contribution in [3.8, 4) is 0 Å². The van der Waals surface area contributed by atoms with Crippen molar-refractivity contribution >= 4 is 35.3 Å². The van der Waals surface area contributed by atoms with Gasteiger partial charge in [-0.2, -0.15) is 0 Å². The van der Waals surface area contributed by atoms with Gasteiger partial charge in [0.1, 0.15) is 0 Å². The molecule has 138 valence electrons. The van der Waals surface area contributed by atoms with E-state index in [-0.39, 0.29) is 11.4 Å². The van der Waals surface area contributed by atoms with Gasteiger partial charge in [-0.1, -0.05) is 41.6 Å². The van der Waals surface area contributed by atoms with Crippen molar-refractivity contribution in [3.05, 3.63) is 65.2 Å². The number of nitrogens with two attached hydrogens (primary N) is 1. The van der Waals surface area contributed by atoms with Crippen LogP contribution in [0.1, 0.15) is 32.3 Å². The molecule has 0 unspecified atom stereocenters. The summed E-state index contributed by atoms with van der Waals surface area (Å²) in [7, 11) is 0. The SMILES string of the molecule is CC(C)(CCCN)NC(=O)C=Cc1ccccc1Sc1ccc(Cl)cc1. The number of amides is 1. The largest absolute Gasteiger partial charge is 0.348 e. The molecule has 0 saturated carbocycles. The van der Waals surface area contributed by atoms with Crippen molar-refractivity contribution in [1.82, 2.24) is 5.32 Å². The maximum atomic E-state index is 12.3. The summed E-state index contributed by atoms with van der Waals surface area (Å²) in [5, 5.41) is 3.75. The van der Waals surface area contributed by atoms with Crippen LogP contribution in [0, 0.1) is 0 Å². The Morgan fingerprint density at radius 3 is 2.58 bits per heavy atom. The van der Waals surface area contributed by atoms with Gasteiger partial charge in [-0.05, 0) is 75.2 Å². The van der Waals surface area contributed by atoms with Crippen LogP contribution >= 0.6 is 23.4 Å². The molecule has 0 aliphatic rings. The van der Waals surface area contributed by atoms with Crippen LogP contribution in [-0.2, 0) is 4.79 Å². The van der Waals surface area contributed by atoms with E-state index in [1.807, 2.05) is 68.5 Å². The smallest absolute Gasteiger partial charge is 0.244 e. The third-order valence-electron chi connectivity index (χ3n) is 3.84. The minimum atomic E-state index is -0.266. The van der Waals surface area contributed by atoms with E-state index in [0.29, 0.717) is 6.54 Å². The fraction of sp³-hybridized carbons (Fsp3) is 0.286. The van der Waals surface area contributed by atoms with E-state index in [2.05, 4.69) is 5.32 Å². The van der Waals surface area contributed by atoms with E-state index < -0.39 is 0 Å². The van der Waals surface area contributed by atoms with Crippen molar-refractivity contribution in [2.75, 3.05) is 6.54 Å². The maximum Gasteiger partial charge on any atom is 0.244 e. The van der Waals surface area contributed by atoms with E-state index in [9.17, 15) is 4.79 Å². The van der Waals surface area contributed by atoms with Crippen LogP contribution in [-0.4, -0.2) is 18.0 Å². The van der Waals surface area contributed by atoms with Crippen molar-refractivity contribution in [2.24, 2.45) is 5.73 Å². The van der Waals surface area contributed by atoms with E-state index in [1.54, 1.807) is 17.8 Å². The Hall–Kier alpha value is -1.75. The lowest BCUT2D eigenvalue weighted by Crippen LogP contribution is -2.42. The summed E-state index contributed by atoms with van der Waals surface area (Å²) >= 11 is 7.59. The predicted octanol–water partition coefficient (Wildman–Crippen LogP) is 5.14. The van der Waals surface area contributed by atoms with Crippen LogP contribution in [0.3, 0.4) is 0 Å². The Morgan fingerprint density at radius 1 is 1.19 bits per heavy atom. The Kier molecular flexibility index (Phi) is 7.76. The highest BCUT2D eigenvalue weighted by atomic mass is 35.5. The molecular weight excluding hydrogens is 364 g/mol. The molecule has 26 heavy (non-hydrogen) atoms. The normalized spacial score (nSPS) is 11.7. The molecule has 0 atom stereocenters. The van der Waals surface area contributed by atoms with Gasteiger partial charge in [0, 0.05) is 26.4 Å². The third kappa shape index (κ3) is 6.87. The van der Waals surface area contributed by atoms with E-state index >= 15 is 0 Å². The maximum absolute atomic E-state index is 12.3. The number of carbonyl (C=O) groups excluding carboxylic acids is 1. The van der Waals surface area contributed by atoms with Crippen molar-refractivity contribution in [3.63, 3.8) is 0 Å². The summed E-state index contributed by atoms with van der Waals surface area (Å²) < 4.78 is 0. The quantitative estimate of drug-likeness (QED) is 0.615. The third-order valence-corrected chi connectivity index (χ3v) is 5.19. The summed E-state index contributed by atoms with van der Waals surface area (Å²) in [4.78, 5) is 14.4. The van der Waals surface area contributed by atoms with Gasteiger partial charge in [0.05, 0.1) is 0 Å². The zero-order valence-corrected chi connectivity index (χ0v) is 16.7. The molecule has 0 saturated heterocycles. The molecule has 2 aromatic rings. The van der Waals surface area contributed by atoms with Crippen LogP contribution in [0.25, 0.3) is 6.08 Å². The van der Waals surface area contributed by atoms with Crippen LogP contribution in [0.2, 0.25) is 5.02 Å². The molecule has 5 heteroatoms. The number of hydrogen-bond acceptors (Lipinski definition) is 3. The first-order chi connectivity index (χ1) is 12.4. The topological polar surface area (TPSA) is 55.1 Å². The molecule has 0 aliphatic carbocycles. The van der Waals surface area contributed by atoms with Gasteiger partial charge < -0.3 is 11.1 Å². The monoisotopic (exact) mass is 388 g/mol. The van der Waals surface area contributed by atoms with E-state index in [0.717, 1.165) is 33.2 Å². The first-order valence-electron chi connectivity index (χ1n) is 8.62. The Labute approximate surface area is 165 Å². The molecule has 2 rings (SSSR count). The average Bonchev–Trinajstić information content (AvgIpc) is 2.61. The zero-order chi connectivity index (χ0) is 19.0. The molecule has 2 aromatic carbocycles. The molecule has 0 heterocycles. The summed E-state index contributed by atoms with van der Waals surface area (Å²) in [5.41, 5.74) is 6.29. The lowest BCUT2D eigenvalue weighted by atomic mass is 9.98. The zero-order valence-electron chi connectivity index (χ0n) is 15.2.